The van der Waals surface area contributed by atoms with Crippen molar-refractivity contribution in [1.29, 1.82) is 0 Å². The van der Waals surface area contributed by atoms with Gasteiger partial charge in [-0.05, 0) is 57.2 Å². The van der Waals surface area contributed by atoms with E-state index in [0.29, 0.717) is 5.66 Å². The van der Waals surface area contributed by atoms with Gasteiger partial charge in [0.1, 0.15) is 25.2 Å². The predicted octanol–water partition coefficient (Wildman–Crippen LogP) is 5.37. The Morgan fingerprint density at radius 2 is 1.41 bits per heavy atom. The van der Waals surface area contributed by atoms with Gasteiger partial charge in [-0.25, -0.2) is 0 Å². The van der Waals surface area contributed by atoms with E-state index in [-0.39, 0.29) is 5.60 Å². The highest BCUT2D eigenvalue weighted by atomic mass is 31.1. The van der Waals surface area contributed by atoms with Crippen LogP contribution in [0.4, 0.5) is 0 Å². The van der Waals surface area contributed by atoms with Gasteiger partial charge in [0.25, 0.3) is 0 Å². The molecule has 0 bridgehead atoms. The Morgan fingerprint density at radius 3 is 1.91 bits per heavy atom. The van der Waals surface area contributed by atoms with Crippen LogP contribution in [0.15, 0.2) is 54.6 Å². The van der Waals surface area contributed by atoms with Crippen LogP contribution >= 0.6 is 8.15 Å². The Hall–Kier alpha value is -1.53. The summed E-state index contributed by atoms with van der Waals surface area (Å²) in [5, 5.41) is 1.23. The zero-order valence-corrected chi connectivity index (χ0v) is 14.9. The molecule has 0 saturated carbocycles. The summed E-state index contributed by atoms with van der Waals surface area (Å²) in [5.41, 5.74) is 0.273. The average molecular weight is 316 g/mol. The first kappa shape index (κ1) is 16.8. The quantitative estimate of drug-likeness (QED) is 0.690. The van der Waals surface area contributed by atoms with E-state index in [1.165, 1.54) is 5.30 Å². The first-order chi connectivity index (χ1) is 10.3. The number of benzene rings is 2. The van der Waals surface area contributed by atoms with Crippen molar-refractivity contribution in [3.8, 4) is 11.5 Å². The second kappa shape index (κ2) is 7.15. The molecule has 0 N–H and O–H groups in total. The third-order valence-electron chi connectivity index (χ3n) is 2.93. The SMILES string of the molecule is CC(C)P(Oc1ccccc1)c1ccc(OC(C)(C)C)cc1. The van der Waals surface area contributed by atoms with Crippen LogP contribution in [0.3, 0.4) is 0 Å². The molecule has 2 nitrogen and oxygen atoms in total. The fourth-order valence-electron chi connectivity index (χ4n) is 2.07. The molecule has 2 aromatic rings. The van der Waals surface area contributed by atoms with Gasteiger partial charge < -0.3 is 9.26 Å². The topological polar surface area (TPSA) is 18.5 Å². The van der Waals surface area contributed by atoms with Gasteiger partial charge in [-0.3, -0.25) is 0 Å². The van der Waals surface area contributed by atoms with Gasteiger partial charge in [0.15, 0.2) is 0 Å². The van der Waals surface area contributed by atoms with Gasteiger partial charge in [-0.1, -0.05) is 32.0 Å². The molecule has 0 saturated heterocycles. The first-order valence-corrected chi connectivity index (χ1v) is 8.99. The lowest BCUT2D eigenvalue weighted by Gasteiger charge is -2.24. The van der Waals surface area contributed by atoms with E-state index in [1.807, 2.05) is 42.5 Å². The van der Waals surface area contributed by atoms with Gasteiger partial charge in [-0.2, -0.15) is 0 Å². The summed E-state index contributed by atoms with van der Waals surface area (Å²) < 4.78 is 12.1. The normalized spacial score (nSPS) is 13.0. The van der Waals surface area contributed by atoms with Crippen LogP contribution in [-0.2, 0) is 0 Å². The molecular weight excluding hydrogens is 291 g/mol. The molecule has 0 aliphatic heterocycles. The van der Waals surface area contributed by atoms with Crippen molar-refractivity contribution >= 4 is 13.5 Å². The largest absolute Gasteiger partial charge is 0.488 e. The van der Waals surface area contributed by atoms with Crippen molar-refractivity contribution in [2.24, 2.45) is 0 Å². The maximum atomic E-state index is 6.23. The van der Waals surface area contributed by atoms with E-state index in [1.54, 1.807) is 0 Å². The maximum absolute atomic E-state index is 6.23. The van der Waals surface area contributed by atoms with Crippen molar-refractivity contribution in [3.63, 3.8) is 0 Å². The summed E-state index contributed by atoms with van der Waals surface area (Å²) in [6.45, 7) is 10.6. The molecule has 0 heterocycles. The van der Waals surface area contributed by atoms with Gasteiger partial charge >= 0.3 is 0 Å². The minimum atomic E-state index is -0.692. The highest BCUT2D eigenvalue weighted by Crippen LogP contribution is 2.42. The van der Waals surface area contributed by atoms with Gasteiger partial charge in [0.05, 0.1) is 0 Å². The Bertz CT molecular complexity index is 571. The van der Waals surface area contributed by atoms with Crippen molar-refractivity contribution in [3.05, 3.63) is 54.6 Å². The molecule has 0 radical (unpaired) electrons. The van der Waals surface area contributed by atoms with Crippen LogP contribution in [0, 0.1) is 0 Å². The molecular formula is C19H25O2P. The molecule has 3 heteroatoms. The highest BCUT2D eigenvalue weighted by Gasteiger charge is 2.19. The number of para-hydroxylation sites is 1. The molecule has 1 atom stereocenters. The lowest BCUT2D eigenvalue weighted by molar-refractivity contribution is 0.131. The van der Waals surface area contributed by atoms with Crippen molar-refractivity contribution in [1.82, 2.24) is 0 Å². The molecule has 0 aliphatic carbocycles. The molecule has 0 aliphatic rings. The monoisotopic (exact) mass is 316 g/mol. The second-order valence-corrected chi connectivity index (χ2v) is 8.92. The van der Waals surface area contributed by atoms with Crippen LogP contribution in [0.1, 0.15) is 34.6 Å². The predicted molar refractivity (Wildman–Crippen MR) is 95.6 cm³/mol. The highest BCUT2D eigenvalue weighted by molar-refractivity contribution is 7.61. The minimum Gasteiger partial charge on any atom is -0.488 e. The van der Waals surface area contributed by atoms with Crippen LogP contribution in [0.25, 0.3) is 0 Å². The fourth-order valence-corrected chi connectivity index (χ4v) is 3.77. The third kappa shape index (κ3) is 5.03. The Kier molecular flexibility index (Phi) is 5.47. The Morgan fingerprint density at radius 1 is 0.818 bits per heavy atom. The molecule has 2 aromatic carbocycles. The van der Waals surface area contributed by atoms with Gasteiger partial charge in [0, 0.05) is 11.0 Å². The smallest absolute Gasteiger partial charge is 0.123 e. The van der Waals surface area contributed by atoms with Crippen LogP contribution in [0.2, 0.25) is 0 Å². The Balaban J connectivity index is 2.15. The van der Waals surface area contributed by atoms with Crippen molar-refractivity contribution in [2.75, 3.05) is 0 Å². The fraction of sp³-hybridized carbons (Fsp3) is 0.368. The second-order valence-electron chi connectivity index (χ2n) is 6.53. The van der Waals surface area contributed by atoms with E-state index >= 15 is 0 Å². The third-order valence-corrected chi connectivity index (χ3v) is 5.08. The van der Waals surface area contributed by atoms with E-state index in [4.69, 9.17) is 9.26 Å². The number of hydrogen-bond donors (Lipinski definition) is 0. The van der Waals surface area contributed by atoms with Crippen LogP contribution in [-0.4, -0.2) is 11.3 Å². The lowest BCUT2D eigenvalue weighted by atomic mass is 10.2. The lowest BCUT2D eigenvalue weighted by Crippen LogP contribution is -2.23. The molecule has 2 rings (SSSR count). The summed E-state index contributed by atoms with van der Waals surface area (Å²) in [6.07, 6.45) is 0. The van der Waals surface area contributed by atoms with Crippen LogP contribution < -0.4 is 14.6 Å². The van der Waals surface area contributed by atoms with E-state index in [0.717, 1.165) is 11.5 Å². The van der Waals surface area contributed by atoms with Crippen LogP contribution in [0.5, 0.6) is 11.5 Å². The Labute approximate surface area is 135 Å². The number of ether oxygens (including phenoxy) is 1. The number of rotatable bonds is 5. The minimum absolute atomic E-state index is 0.176. The summed E-state index contributed by atoms with van der Waals surface area (Å²) in [5.74, 6) is 1.83. The van der Waals surface area contributed by atoms with E-state index in [2.05, 4.69) is 46.8 Å². The van der Waals surface area contributed by atoms with Crippen molar-refractivity contribution < 1.29 is 9.26 Å². The summed E-state index contributed by atoms with van der Waals surface area (Å²) in [7, 11) is -0.692. The standard InChI is InChI=1S/C19H25O2P/c1-15(2)22(21-17-9-7-6-8-10-17)18-13-11-16(12-14-18)20-19(3,4)5/h6-15H,1-5H3. The molecule has 0 aromatic heterocycles. The van der Waals surface area contributed by atoms with Gasteiger partial charge in [0.2, 0.25) is 0 Å². The number of hydrogen-bond acceptors (Lipinski definition) is 2. The summed E-state index contributed by atoms with van der Waals surface area (Å²) >= 11 is 0. The first-order valence-electron chi connectivity index (χ1n) is 7.66. The zero-order chi connectivity index (χ0) is 16.2. The zero-order valence-electron chi connectivity index (χ0n) is 14.0. The average Bonchev–Trinajstić information content (AvgIpc) is 2.45. The molecule has 22 heavy (non-hydrogen) atoms. The maximum Gasteiger partial charge on any atom is 0.123 e. The van der Waals surface area contributed by atoms with Crippen molar-refractivity contribution in [2.45, 2.75) is 45.9 Å². The molecule has 0 amide bonds. The molecule has 0 fully saturated rings. The van der Waals surface area contributed by atoms with Gasteiger partial charge in [-0.15, -0.1) is 0 Å². The summed E-state index contributed by atoms with van der Waals surface area (Å²) in [6, 6.07) is 18.3. The van der Waals surface area contributed by atoms with E-state index in [9.17, 15) is 0 Å². The molecule has 118 valence electrons. The van der Waals surface area contributed by atoms with E-state index < -0.39 is 8.15 Å². The molecule has 1 unspecified atom stereocenters. The molecule has 0 spiro atoms. The summed E-state index contributed by atoms with van der Waals surface area (Å²) in [4.78, 5) is 0.